The summed E-state index contributed by atoms with van der Waals surface area (Å²) in [5.41, 5.74) is 3.37. The lowest BCUT2D eigenvalue weighted by Gasteiger charge is -2.11. The normalized spacial score (nSPS) is 10.6. The van der Waals surface area contributed by atoms with Gasteiger partial charge in [0.05, 0.1) is 25.5 Å². The minimum absolute atomic E-state index is 0.235. The van der Waals surface area contributed by atoms with Crippen molar-refractivity contribution >= 4 is 29.7 Å². The van der Waals surface area contributed by atoms with Crippen LogP contribution in [-0.2, 0) is 4.79 Å². The second-order valence-corrected chi connectivity index (χ2v) is 7.20. The van der Waals surface area contributed by atoms with E-state index < -0.39 is 11.9 Å². The number of rotatable bonds is 10. The van der Waals surface area contributed by atoms with Crippen molar-refractivity contribution in [1.82, 2.24) is 5.43 Å². The molecular formula is C25H23ClN2O6. The standard InChI is InChI=1S/C25H23ClN2O6/c1-3-32-23-14-17(8-13-22(23)34-25(30)18-9-11-19(26)12-10-18)15-27-28-24(29)16-33-21-7-5-4-6-20(21)31-2/h4-15H,3,16H2,1-2H3,(H,28,29)/b27-15-. The van der Waals surface area contributed by atoms with Crippen molar-refractivity contribution in [2.45, 2.75) is 6.92 Å². The third-order valence-corrected chi connectivity index (χ3v) is 4.63. The summed E-state index contributed by atoms with van der Waals surface area (Å²) in [6.07, 6.45) is 1.44. The van der Waals surface area contributed by atoms with Gasteiger partial charge in [-0.25, -0.2) is 10.2 Å². The molecule has 3 aromatic carbocycles. The van der Waals surface area contributed by atoms with Crippen LogP contribution in [-0.4, -0.2) is 38.4 Å². The number of hydrogen-bond donors (Lipinski definition) is 1. The Morgan fingerprint density at radius 3 is 2.38 bits per heavy atom. The van der Waals surface area contributed by atoms with Crippen molar-refractivity contribution in [1.29, 1.82) is 0 Å². The number of halogens is 1. The number of esters is 1. The lowest BCUT2D eigenvalue weighted by Crippen LogP contribution is -2.24. The van der Waals surface area contributed by atoms with Crippen molar-refractivity contribution in [2.24, 2.45) is 5.10 Å². The largest absolute Gasteiger partial charge is 0.493 e. The molecule has 9 heteroatoms. The number of methoxy groups -OCH3 is 1. The van der Waals surface area contributed by atoms with Crippen LogP contribution in [0.2, 0.25) is 5.02 Å². The smallest absolute Gasteiger partial charge is 0.343 e. The Balaban J connectivity index is 1.59. The van der Waals surface area contributed by atoms with Crippen LogP contribution in [0.1, 0.15) is 22.8 Å². The summed E-state index contributed by atoms with van der Waals surface area (Å²) in [5, 5.41) is 4.45. The number of hydrazone groups is 1. The highest BCUT2D eigenvalue weighted by atomic mass is 35.5. The predicted molar refractivity (Wildman–Crippen MR) is 128 cm³/mol. The molecule has 0 aliphatic carbocycles. The van der Waals surface area contributed by atoms with Gasteiger partial charge in [0.15, 0.2) is 29.6 Å². The van der Waals surface area contributed by atoms with Crippen LogP contribution in [0.3, 0.4) is 0 Å². The first-order valence-corrected chi connectivity index (χ1v) is 10.7. The molecule has 0 saturated heterocycles. The molecule has 34 heavy (non-hydrogen) atoms. The van der Waals surface area contributed by atoms with Gasteiger partial charge < -0.3 is 18.9 Å². The zero-order valence-electron chi connectivity index (χ0n) is 18.6. The second-order valence-electron chi connectivity index (χ2n) is 6.77. The van der Waals surface area contributed by atoms with Crippen molar-refractivity contribution in [3.63, 3.8) is 0 Å². The van der Waals surface area contributed by atoms with Gasteiger partial charge in [-0.15, -0.1) is 0 Å². The molecule has 0 atom stereocenters. The average molecular weight is 483 g/mol. The van der Waals surface area contributed by atoms with E-state index in [2.05, 4.69) is 10.5 Å². The lowest BCUT2D eigenvalue weighted by atomic mass is 10.2. The quantitative estimate of drug-likeness (QED) is 0.198. The van der Waals surface area contributed by atoms with Gasteiger partial charge in [-0.1, -0.05) is 23.7 Å². The van der Waals surface area contributed by atoms with E-state index in [0.29, 0.717) is 40.0 Å². The molecular weight excluding hydrogens is 460 g/mol. The van der Waals surface area contributed by atoms with E-state index in [0.717, 1.165) is 0 Å². The Labute approximate surface area is 202 Å². The van der Waals surface area contributed by atoms with Crippen molar-refractivity contribution in [3.8, 4) is 23.0 Å². The Morgan fingerprint density at radius 1 is 0.941 bits per heavy atom. The summed E-state index contributed by atoms with van der Waals surface area (Å²) < 4.78 is 21.7. The van der Waals surface area contributed by atoms with Gasteiger partial charge in [-0.2, -0.15) is 5.10 Å². The van der Waals surface area contributed by atoms with Crippen LogP contribution in [0.4, 0.5) is 0 Å². The van der Waals surface area contributed by atoms with Gasteiger partial charge in [0.25, 0.3) is 5.91 Å². The van der Waals surface area contributed by atoms with Gasteiger partial charge in [0, 0.05) is 5.02 Å². The Bertz CT molecular complexity index is 1160. The molecule has 0 radical (unpaired) electrons. The van der Waals surface area contributed by atoms with E-state index >= 15 is 0 Å². The van der Waals surface area contributed by atoms with Gasteiger partial charge in [0.2, 0.25) is 0 Å². The molecule has 0 aliphatic rings. The minimum Gasteiger partial charge on any atom is -0.493 e. The molecule has 176 valence electrons. The molecule has 3 rings (SSSR count). The van der Waals surface area contributed by atoms with Gasteiger partial charge in [-0.05, 0) is 67.1 Å². The summed E-state index contributed by atoms with van der Waals surface area (Å²) in [6, 6.07) is 18.3. The number of ether oxygens (including phenoxy) is 4. The highest BCUT2D eigenvalue weighted by Crippen LogP contribution is 2.29. The molecule has 0 unspecified atom stereocenters. The number of nitrogens with one attached hydrogen (secondary N) is 1. The highest BCUT2D eigenvalue weighted by molar-refractivity contribution is 6.30. The number of carbonyl (C=O) groups is 2. The van der Waals surface area contributed by atoms with Gasteiger partial charge >= 0.3 is 5.97 Å². The third-order valence-electron chi connectivity index (χ3n) is 4.38. The van der Waals surface area contributed by atoms with Crippen molar-refractivity contribution in [2.75, 3.05) is 20.3 Å². The number of carbonyl (C=O) groups excluding carboxylic acids is 2. The van der Waals surface area contributed by atoms with Crippen LogP contribution in [0, 0.1) is 0 Å². The second kappa shape index (κ2) is 12.3. The Morgan fingerprint density at radius 2 is 1.68 bits per heavy atom. The molecule has 0 spiro atoms. The first kappa shape index (κ1) is 24.6. The Kier molecular flexibility index (Phi) is 8.88. The molecule has 1 amide bonds. The lowest BCUT2D eigenvalue weighted by molar-refractivity contribution is -0.123. The fourth-order valence-corrected chi connectivity index (χ4v) is 2.92. The summed E-state index contributed by atoms with van der Waals surface area (Å²) >= 11 is 5.86. The summed E-state index contributed by atoms with van der Waals surface area (Å²) in [6.45, 7) is 1.94. The third kappa shape index (κ3) is 6.98. The molecule has 0 heterocycles. The van der Waals surface area contributed by atoms with E-state index in [4.69, 9.17) is 30.5 Å². The Hall–Kier alpha value is -4.04. The van der Waals surface area contributed by atoms with Crippen LogP contribution >= 0.6 is 11.6 Å². The van der Waals surface area contributed by atoms with Crippen LogP contribution in [0.15, 0.2) is 71.8 Å². The number of amides is 1. The first-order valence-electron chi connectivity index (χ1n) is 10.3. The summed E-state index contributed by atoms with van der Waals surface area (Å²) in [4.78, 5) is 24.4. The zero-order chi connectivity index (χ0) is 24.3. The molecule has 0 fully saturated rings. The molecule has 0 aliphatic heterocycles. The summed E-state index contributed by atoms with van der Waals surface area (Å²) in [7, 11) is 1.52. The van der Waals surface area contributed by atoms with Crippen LogP contribution in [0.25, 0.3) is 0 Å². The van der Waals surface area contributed by atoms with E-state index in [9.17, 15) is 9.59 Å². The molecule has 0 saturated carbocycles. The fourth-order valence-electron chi connectivity index (χ4n) is 2.79. The van der Waals surface area contributed by atoms with E-state index in [1.165, 1.54) is 13.3 Å². The predicted octanol–water partition coefficient (Wildman–Crippen LogP) is 4.50. The molecule has 3 aromatic rings. The first-order chi connectivity index (χ1) is 16.5. The zero-order valence-corrected chi connectivity index (χ0v) is 19.4. The fraction of sp³-hybridized carbons (Fsp3) is 0.160. The molecule has 0 aromatic heterocycles. The number of hydrogen-bond acceptors (Lipinski definition) is 7. The average Bonchev–Trinajstić information content (AvgIpc) is 2.85. The van der Waals surface area contributed by atoms with Crippen molar-refractivity contribution < 1.29 is 28.5 Å². The molecule has 8 nitrogen and oxygen atoms in total. The molecule has 1 N–H and O–H groups in total. The topological polar surface area (TPSA) is 95.5 Å². The SMILES string of the molecule is CCOc1cc(/C=N\NC(=O)COc2ccccc2OC)ccc1OC(=O)c1ccc(Cl)cc1. The summed E-state index contributed by atoms with van der Waals surface area (Å²) in [5.74, 6) is 0.614. The van der Waals surface area contributed by atoms with E-state index in [1.807, 2.05) is 6.92 Å². The van der Waals surface area contributed by atoms with Crippen molar-refractivity contribution in [3.05, 3.63) is 82.9 Å². The van der Waals surface area contributed by atoms with E-state index in [-0.39, 0.29) is 12.4 Å². The number of para-hydroxylation sites is 2. The van der Waals surface area contributed by atoms with Crippen LogP contribution < -0.4 is 24.4 Å². The minimum atomic E-state index is -0.540. The highest BCUT2D eigenvalue weighted by Gasteiger charge is 2.13. The number of benzene rings is 3. The number of nitrogens with zero attached hydrogens (tertiary/aromatic N) is 1. The maximum Gasteiger partial charge on any atom is 0.343 e. The maximum absolute atomic E-state index is 12.4. The van der Waals surface area contributed by atoms with Gasteiger partial charge in [-0.3, -0.25) is 4.79 Å². The molecule has 0 bridgehead atoms. The van der Waals surface area contributed by atoms with Crippen LogP contribution in [0.5, 0.6) is 23.0 Å². The maximum atomic E-state index is 12.4. The monoisotopic (exact) mass is 482 g/mol. The van der Waals surface area contributed by atoms with E-state index in [1.54, 1.807) is 66.7 Å². The van der Waals surface area contributed by atoms with Gasteiger partial charge in [0.1, 0.15) is 0 Å².